The van der Waals surface area contributed by atoms with Gasteiger partial charge in [0.15, 0.2) is 0 Å². The fraction of sp³-hybridized carbons (Fsp3) is 0.0476. The first-order chi connectivity index (χ1) is 14.5. The van der Waals surface area contributed by atoms with Crippen LogP contribution in [0.2, 0.25) is 0 Å². The minimum atomic E-state index is -3.66. The van der Waals surface area contributed by atoms with E-state index in [0.717, 1.165) is 27.6 Å². The third kappa shape index (κ3) is 4.76. The zero-order valence-electron chi connectivity index (χ0n) is 15.6. The van der Waals surface area contributed by atoms with Gasteiger partial charge in [-0.05, 0) is 29.6 Å². The average Bonchev–Trinajstić information content (AvgIpc) is 3.45. The fourth-order valence-corrected chi connectivity index (χ4v) is 5.52. The van der Waals surface area contributed by atoms with Crippen LogP contribution >= 0.6 is 22.7 Å². The molecule has 2 heterocycles. The van der Waals surface area contributed by atoms with E-state index < -0.39 is 10.0 Å². The second-order valence-electron chi connectivity index (χ2n) is 6.29. The van der Waals surface area contributed by atoms with Gasteiger partial charge < -0.3 is 5.32 Å². The maximum absolute atomic E-state index is 12.5. The highest BCUT2D eigenvalue weighted by atomic mass is 32.2. The van der Waals surface area contributed by atoms with Crippen LogP contribution in [0.25, 0.3) is 11.3 Å². The maximum Gasteiger partial charge on any atom is 0.271 e. The summed E-state index contributed by atoms with van der Waals surface area (Å²) in [5.41, 5.74) is 2.59. The lowest BCUT2D eigenvalue weighted by Crippen LogP contribution is -2.23. The van der Waals surface area contributed by atoms with Crippen molar-refractivity contribution in [1.29, 1.82) is 0 Å². The molecule has 0 aliphatic carbocycles. The highest BCUT2D eigenvalue weighted by Gasteiger charge is 2.16. The first-order valence-corrected chi connectivity index (χ1v) is 12.2. The van der Waals surface area contributed by atoms with Crippen LogP contribution in [0.4, 0.5) is 5.69 Å². The SMILES string of the molecule is O=C(NCc1nc(-c2ccccc2)cs1)c1cccc(NS(=O)(=O)c2cccs2)c1. The van der Waals surface area contributed by atoms with E-state index in [-0.39, 0.29) is 10.1 Å². The van der Waals surface area contributed by atoms with Crippen molar-refractivity contribution in [3.63, 3.8) is 0 Å². The third-order valence-electron chi connectivity index (χ3n) is 4.16. The molecule has 0 unspecified atom stereocenters. The van der Waals surface area contributed by atoms with Gasteiger partial charge in [-0.1, -0.05) is 42.5 Å². The first-order valence-electron chi connectivity index (χ1n) is 8.96. The van der Waals surface area contributed by atoms with Gasteiger partial charge in [0.05, 0.1) is 12.2 Å². The van der Waals surface area contributed by atoms with Crippen LogP contribution in [0.3, 0.4) is 0 Å². The largest absolute Gasteiger partial charge is 0.346 e. The molecule has 0 bridgehead atoms. The van der Waals surface area contributed by atoms with Crippen molar-refractivity contribution in [2.24, 2.45) is 0 Å². The van der Waals surface area contributed by atoms with E-state index in [1.807, 2.05) is 35.7 Å². The third-order valence-corrected chi connectivity index (χ3v) is 7.79. The van der Waals surface area contributed by atoms with E-state index in [1.54, 1.807) is 29.6 Å². The molecule has 0 saturated carbocycles. The number of carbonyl (C=O) groups is 1. The molecule has 0 aliphatic rings. The number of hydrogen-bond acceptors (Lipinski definition) is 6. The number of amides is 1. The molecule has 9 heteroatoms. The van der Waals surface area contributed by atoms with Gasteiger partial charge >= 0.3 is 0 Å². The molecule has 0 saturated heterocycles. The topological polar surface area (TPSA) is 88.2 Å². The lowest BCUT2D eigenvalue weighted by atomic mass is 10.2. The molecule has 0 atom stereocenters. The van der Waals surface area contributed by atoms with E-state index in [0.29, 0.717) is 17.8 Å². The summed E-state index contributed by atoms with van der Waals surface area (Å²) in [5, 5.41) is 7.27. The molecule has 30 heavy (non-hydrogen) atoms. The summed E-state index contributed by atoms with van der Waals surface area (Å²) in [7, 11) is -3.66. The number of sulfonamides is 1. The quantitative estimate of drug-likeness (QED) is 0.426. The standard InChI is InChI=1S/C21H17N3O3S3/c25-21(22-13-19-23-18(14-29-19)15-6-2-1-3-7-15)16-8-4-9-17(12-16)24-30(26,27)20-10-5-11-28-20/h1-12,14,24H,13H2,(H,22,25). The van der Waals surface area contributed by atoms with E-state index in [2.05, 4.69) is 15.0 Å². The first kappa shape index (κ1) is 20.3. The highest BCUT2D eigenvalue weighted by Crippen LogP contribution is 2.22. The van der Waals surface area contributed by atoms with E-state index >= 15 is 0 Å². The lowest BCUT2D eigenvalue weighted by molar-refractivity contribution is 0.0951. The van der Waals surface area contributed by atoms with Crippen LogP contribution < -0.4 is 10.0 Å². The Kier molecular flexibility index (Phi) is 5.93. The summed E-state index contributed by atoms with van der Waals surface area (Å²) in [5.74, 6) is -0.302. The van der Waals surface area contributed by atoms with Crippen LogP contribution in [0, 0.1) is 0 Å². The monoisotopic (exact) mass is 455 g/mol. The summed E-state index contributed by atoms with van der Waals surface area (Å²) in [6.07, 6.45) is 0. The Hall–Kier alpha value is -3.01. The molecule has 0 aliphatic heterocycles. The number of carbonyl (C=O) groups excluding carboxylic acids is 1. The van der Waals surface area contributed by atoms with Gasteiger partial charge in [0, 0.05) is 22.2 Å². The lowest BCUT2D eigenvalue weighted by Gasteiger charge is -2.08. The number of hydrogen-bond donors (Lipinski definition) is 2. The van der Waals surface area contributed by atoms with E-state index in [4.69, 9.17) is 0 Å². The molecule has 4 rings (SSSR count). The number of anilines is 1. The van der Waals surface area contributed by atoms with Crippen LogP contribution in [-0.4, -0.2) is 19.3 Å². The molecule has 0 fully saturated rings. The number of rotatable bonds is 7. The van der Waals surface area contributed by atoms with Gasteiger partial charge in [-0.3, -0.25) is 9.52 Å². The van der Waals surface area contributed by atoms with Gasteiger partial charge in [0.25, 0.3) is 15.9 Å². The average molecular weight is 456 g/mol. The molecule has 0 radical (unpaired) electrons. The Balaban J connectivity index is 1.41. The Bertz CT molecular complexity index is 1250. The van der Waals surface area contributed by atoms with Crippen molar-refractivity contribution in [2.45, 2.75) is 10.8 Å². The molecule has 2 aromatic carbocycles. The number of benzene rings is 2. The van der Waals surface area contributed by atoms with Crippen molar-refractivity contribution in [2.75, 3.05) is 4.72 Å². The smallest absolute Gasteiger partial charge is 0.271 e. The van der Waals surface area contributed by atoms with E-state index in [1.165, 1.54) is 23.5 Å². The molecule has 0 spiro atoms. The maximum atomic E-state index is 12.5. The zero-order chi connectivity index (χ0) is 21.0. The number of thiazole rings is 1. The summed E-state index contributed by atoms with van der Waals surface area (Å²) < 4.78 is 27.5. The Labute approximate surface area is 182 Å². The second kappa shape index (κ2) is 8.78. The summed E-state index contributed by atoms with van der Waals surface area (Å²) in [6.45, 7) is 0.293. The molecular formula is C21H17N3O3S3. The summed E-state index contributed by atoms with van der Waals surface area (Å²) in [4.78, 5) is 17.1. The normalized spacial score (nSPS) is 11.2. The van der Waals surface area contributed by atoms with Crippen LogP contribution in [0.1, 0.15) is 15.4 Å². The summed E-state index contributed by atoms with van der Waals surface area (Å²) >= 11 is 2.60. The van der Waals surface area contributed by atoms with Gasteiger partial charge in [-0.2, -0.15) is 0 Å². The van der Waals surface area contributed by atoms with Gasteiger partial charge in [0.1, 0.15) is 9.22 Å². The Morgan fingerprint density at radius 2 is 1.80 bits per heavy atom. The van der Waals surface area contributed by atoms with Crippen LogP contribution in [0.15, 0.2) is 81.7 Å². The number of aromatic nitrogens is 1. The molecular weight excluding hydrogens is 438 g/mol. The second-order valence-corrected chi connectivity index (χ2v) is 10.1. The Morgan fingerprint density at radius 3 is 2.57 bits per heavy atom. The van der Waals surface area contributed by atoms with Crippen molar-refractivity contribution >= 4 is 44.3 Å². The molecule has 6 nitrogen and oxygen atoms in total. The number of nitrogens with one attached hydrogen (secondary N) is 2. The van der Waals surface area contributed by atoms with Crippen molar-refractivity contribution in [3.8, 4) is 11.3 Å². The Morgan fingerprint density at radius 1 is 0.967 bits per heavy atom. The van der Waals surface area contributed by atoms with Gasteiger partial charge in [-0.25, -0.2) is 13.4 Å². The van der Waals surface area contributed by atoms with Crippen LogP contribution in [-0.2, 0) is 16.6 Å². The fourth-order valence-electron chi connectivity index (χ4n) is 2.74. The molecule has 2 N–H and O–H groups in total. The van der Waals surface area contributed by atoms with Crippen molar-refractivity contribution in [3.05, 3.63) is 88.1 Å². The predicted molar refractivity (Wildman–Crippen MR) is 120 cm³/mol. The molecule has 4 aromatic rings. The van der Waals surface area contributed by atoms with Gasteiger partial charge in [0.2, 0.25) is 0 Å². The molecule has 152 valence electrons. The van der Waals surface area contributed by atoms with Gasteiger partial charge in [-0.15, -0.1) is 22.7 Å². The summed E-state index contributed by atoms with van der Waals surface area (Å²) in [6, 6.07) is 19.4. The minimum Gasteiger partial charge on any atom is -0.346 e. The zero-order valence-corrected chi connectivity index (χ0v) is 18.1. The highest BCUT2D eigenvalue weighted by molar-refractivity contribution is 7.94. The predicted octanol–water partition coefficient (Wildman–Crippen LogP) is 4.60. The molecule has 2 aromatic heterocycles. The minimum absolute atomic E-state index is 0.218. The van der Waals surface area contributed by atoms with Crippen molar-refractivity contribution in [1.82, 2.24) is 10.3 Å². The van der Waals surface area contributed by atoms with Crippen molar-refractivity contribution < 1.29 is 13.2 Å². The number of nitrogens with zero attached hydrogens (tertiary/aromatic N) is 1. The van der Waals surface area contributed by atoms with E-state index in [9.17, 15) is 13.2 Å². The number of thiophene rings is 1. The molecule has 1 amide bonds. The van der Waals surface area contributed by atoms with Crippen LogP contribution in [0.5, 0.6) is 0 Å².